The maximum absolute atomic E-state index is 12.3. The van der Waals surface area contributed by atoms with Crippen molar-refractivity contribution >= 4 is 11.7 Å². The largest absolute Gasteiger partial charge is 0.443 e. The lowest BCUT2D eigenvalue weighted by Gasteiger charge is -2.27. The molecule has 0 fully saturated rings. The Morgan fingerprint density at radius 1 is 1.21 bits per heavy atom. The summed E-state index contributed by atoms with van der Waals surface area (Å²) in [7, 11) is 0. The summed E-state index contributed by atoms with van der Waals surface area (Å²) in [6.45, 7) is 13.1. The number of allylic oxidation sites excluding steroid dienone is 1. The highest BCUT2D eigenvalue weighted by molar-refractivity contribution is 5.69. The van der Waals surface area contributed by atoms with Gasteiger partial charge in [0.25, 0.3) is 0 Å². The molecule has 0 unspecified atom stereocenters. The number of rotatable bonds is 9. The Balaban J connectivity index is 1.84. The van der Waals surface area contributed by atoms with Gasteiger partial charge in [0.1, 0.15) is 0 Å². The molecule has 0 spiro atoms. The summed E-state index contributed by atoms with van der Waals surface area (Å²) in [5, 5.41) is 2.96. The van der Waals surface area contributed by atoms with Gasteiger partial charge in [-0.1, -0.05) is 43.7 Å². The molecule has 28 heavy (non-hydrogen) atoms. The number of aromatic nitrogens is 1. The molecule has 4 heteroatoms. The topological polar surface area (TPSA) is 42.2 Å². The maximum atomic E-state index is 12.3. The highest BCUT2D eigenvalue weighted by Crippen LogP contribution is 2.23. The molecule has 0 saturated carbocycles. The number of ether oxygens (including phenoxy) is 1. The van der Waals surface area contributed by atoms with Crippen LogP contribution in [0.3, 0.4) is 0 Å². The van der Waals surface area contributed by atoms with Gasteiger partial charge in [-0.25, -0.2) is 9.36 Å². The third kappa shape index (κ3) is 6.52. The number of aryl methyl sites for hydroxylation is 1. The van der Waals surface area contributed by atoms with Gasteiger partial charge in [0.2, 0.25) is 0 Å². The normalized spacial score (nSPS) is 11.1. The van der Waals surface area contributed by atoms with E-state index in [1.165, 1.54) is 18.4 Å². The molecule has 1 heterocycles. The standard InChI is InChI=1S/C24H32N2O2/c1-6-7-9-20-12-14-26(15-13-20)16-17-28-23(27)25-24(4,5)22-11-8-10-21(18-22)19(2)3/h8,10-15,18H,2,6-7,9,16-17H2,1,3-5H3/p+1. The highest BCUT2D eigenvalue weighted by Gasteiger charge is 2.24. The Morgan fingerprint density at radius 3 is 2.57 bits per heavy atom. The number of carbonyl (C=O) groups is 1. The monoisotopic (exact) mass is 381 g/mol. The Labute approximate surface area is 169 Å². The second-order valence-electron chi connectivity index (χ2n) is 7.79. The van der Waals surface area contributed by atoms with Crippen LogP contribution in [0.1, 0.15) is 57.2 Å². The fourth-order valence-corrected chi connectivity index (χ4v) is 2.97. The van der Waals surface area contributed by atoms with E-state index < -0.39 is 11.6 Å². The van der Waals surface area contributed by atoms with Crippen LogP contribution in [-0.4, -0.2) is 12.7 Å². The second-order valence-corrected chi connectivity index (χ2v) is 7.79. The van der Waals surface area contributed by atoms with E-state index in [9.17, 15) is 4.79 Å². The van der Waals surface area contributed by atoms with Crippen LogP contribution in [0.15, 0.2) is 55.4 Å². The minimum Gasteiger partial charge on any atom is -0.443 e. The molecule has 0 saturated heterocycles. The molecule has 0 aliphatic heterocycles. The van der Waals surface area contributed by atoms with Crippen molar-refractivity contribution in [1.29, 1.82) is 0 Å². The quantitative estimate of drug-likeness (QED) is 0.620. The van der Waals surface area contributed by atoms with Gasteiger partial charge >= 0.3 is 6.09 Å². The van der Waals surface area contributed by atoms with E-state index in [2.05, 4.69) is 37.0 Å². The number of amides is 1. The zero-order valence-electron chi connectivity index (χ0n) is 17.6. The summed E-state index contributed by atoms with van der Waals surface area (Å²) in [5.74, 6) is 0. The molecule has 1 amide bonds. The van der Waals surface area contributed by atoms with Gasteiger partial charge in [-0.15, -0.1) is 0 Å². The van der Waals surface area contributed by atoms with Gasteiger partial charge in [0.05, 0.1) is 5.54 Å². The summed E-state index contributed by atoms with van der Waals surface area (Å²) < 4.78 is 7.42. The fourth-order valence-electron chi connectivity index (χ4n) is 2.97. The molecule has 0 bridgehead atoms. The molecular weight excluding hydrogens is 348 g/mol. The number of nitrogens with zero attached hydrogens (tertiary/aromatic N) is 1. The van der Waals surface area contributed by atoms with Gasteiger partial charge in [0.15, 0.2) is 25.5 Å². The lowest BCUT2D eigenvalue weighted by molar-refractivity contribution is -0.697. The zero-order chi connectivity index (χ0) is 20.6. The molecule has 0 aliphatic rings. The van der Waals surface area contributed by atoms with Crippen LogP contribution in [-0.2, 0) is 23.2 Å². The number of carbonyl (C=O) groups excluding carboxylic acids is 1. The number of unbranched alkanes of at least 4 members (excludes halogenated alkanes) is 1. The molecular formula is C24H33N2O2+. The van der Waals surface area contributed by atoms with Crippen molar-refractivity contribution in [3.63, 3.8) is 0 Å². The Morgan fingerprint density at radius 2 is 1.93 bits per heavy atom. The van der Waals surface area contributed by atoms with Crippen LogP contribution in [0.2, 0.25) is 0 Å². The molecule has 150 valence electrons. The molecule has 0 radical (unpaired) electrons. The van der Waals surface area contributed by atoms with Gasteiger partial charge < -0.3 is 10.1 Å². The van der Waals surface area contributed by atoms with E-state index in [0.717, 1.165) is 23.1 Å². The van der Waals surface area contributed by atoms with E-state index in [1.807, 2.05) is 55.9 Å². The number of pyridine rings is 1. The number of alkyl carbamates (subject to hydrolysis) is 1. The molecule has 0 atom stereocenters. The van der Waals surface area contributed by atoms with Crippen molar-refractivity contribution in [2.75, 3.05) is 6.61 Å². The number of hydrogen-bond acceptors (Lipinski definition) is 2. The van der Waals surface area contributed by atoms with E-state index in [1.54, 1.807) is 0 Å². The number of benzene rings is 1. The molecule has 4 nitrogen and oxygen atoms in total. The van der Waals surface area contributed by atoms with Gasteiger partial charge in [-0.2, -0.15) is 0 Å². The fraction of sp³-hybridized carbons (Fsp3) is 0.417. The summed E-state index contributed by atoms with van der Waals surface area (Å²) >= 11 is 0. The summed E-state index contributed by atoms with van der Waals surface area (Å²) in [5.41, 5.74) is 3.89. The third-order valence-electron chi connectivity index (χ3n) is 4.85. The first-order chi connectivity index (χ1) is 13.3. The molecule has 1 aromatic heterocycles. The highest BCUT2D eigenvalue weighted by atomic mass is 16.5. The van der Waals surface area contributed by atoms with Crippen LogP contribution < -0.4 is 9.88 Å². The Kier molecular flexibility index (Phi) is 7.80. The first kappa shape index (κ1) is 21.7. The third-order valence-corrected chi connectivity index (χ3v) is 4.85. The average molecular weight is 382 g/mol. The predicted octanol–water partition coefficient (Wildman–Crippen LogP) is 5.01. The van der Waals surface area contributed by atoms with Crippen molar-refractivity contribution in [3.05, 3.63) is 72.1 Å². The molecule has 1 aromatic carbocycles. The van der Waals surface area contributed by atoms with Gasteiger partial charge in [-0.3, -0.25) is 0 Å². The van der Waals surface area contributed by atoms with E-state index in [-0.39, 0.29) is 0 Å². The van der Waals surface area contributed by atoms with Crippen molar-refractivity contribution in [2.24, 2.45) is 0 Å². The van der Waals surface area contributed by atoms with Crippen LogP contribution in [0.5, 0.6) is 0 Å². The Bertz CT molecular complexity index is 795. The van der Waals surface area contributed by atoms with Crippen molar-refractivity contribution in [3.8, 4) is 0 Å². The summed E-state index contributed by atoms with van der Waals surface area (Å²) in [4.78, 5) is 12.3. The lowest BCUT2D eigenvalue weighted by atomic mass is 9.92. The van der Waals surface area contributed by atoms with Crippen LogP contribution in [0.25, 0.3) is 5.57 Å². The van der Waals surface area contributed by atoms with Crippen molar-refractivity contribution < 1.29 is 14.1 Å². The second kappa shape index (κ2) is 10.1. The van der Waals surface area contributed by atoms with Gasteiger partial charge in [0, 0.05) is 12.1 Å². The minimum absolute atomic E-state index is 0.326. The van der Waals surface area contributed by atoms with E-state index >= 15 is 0 Å². The van der Waals surface area contributed by atoms with Crippen LogP contribution in [0.4, 0.5) is 4.79 Å². The predicted molar refractivity (Wildman–Crippen MR) is 114 cm³/mol. The summed E-state index contributed by atoms with van der Waals surface area (Å²) in [6.07, 6.45) is 7.19. The van der Waals surface area contributed by atoms with Crippen LogP contribution >= 0.6 is 0 Å². The minimum atomic E-state index is -0.531. The SMILES string of the molecule is C=C(C)c1cccc(C(C)(C)NC(=O)OCC[n+]2ccc(CCCC)cc2)c1. The lowest BCUT2D eigenvalue weighted by Crippen LogP contribution is -2.43. The molecule has 1 N–H and O–H groups in total. The molecule has 2 rings (SSSR count). The van der Waals surface area contributed by atoms with E-state index in [0.29, 0.717) is 13.2 Å². The average Bonchev–Trinajstić information content (AvgIpc) is 2.67. The molecule has 0 aliphatic carbocycles. The van der Waals surface area contributed by atoms with Gasteiger partial charge in [-0.05, 0) is 56.4 Å². The maximum Gasteiger partial charge on any atom is 0.408 e. The van der Waals surface area contributed by atoms with Crippen LogP contribution in [0, 0.1) is 0 Å². The smallest absolute Gasteiger partial charge is 0.408 e. The number of nitrogens with one attached hydrogen (secondary N) is 1. The summed E-state index contributed by atoms with van der Waals surface area (Å²) in [6, 6.07) is 12.3. The first-order valence-corrected chi connectivity index (χ1v) is 10.0. The molecule has 2 aromatic rings. The number of hydrogen-bond donors (Lipinski definition) is 1. The zero-order valence-corrected chi connectivity index (χ0v) is 17.6. The first-order valence-electron chi connectivity index (χ1n) is 10.0. The Hall–Kier alpha value is -2.62. The van der Waals surface area contributed by atoms with Crippen molar-refractivity contribution in [1.82, 2.24) is 5.32 Å². The van der Waals surface area contributed by atoms with Crippen molar-refractivity contribution in [2.45, 2.75) is 59.0 Å². The van der Waals surface area contributed by atoms with E-state index in [4.69, 9.17) is 4.74 Å².